The van der Waals surface area contributed by atoms with Gasteiger partial charge >= 0.3 is 5.90 Å². The maximum atomic E-state index is 11.0. The molecule has 0 bridgehead atoms. The first-order chi connectivity index (χ1) is 20.4. The van der Waals surface area contributed by atoms with Crippen LogP contribution < -0.4 is 4.99 Å². The lowest BCUT2D eigenvalue weighted by molar-refractivity contribution is -0.502. The van der Waals surface area contributed by atoms with Gasteiger partial charge in [-0.05, 0) is 75.8 Å². The minimum Gasteiger partial charge on any atom is -0.463 e. The lowest BCUT2D eigenvalue weighted by Crippen LogP contribution is -2.76. The minimum absolute atomic E-state index is 0.147. The summed E-state index contributed by atoms with van der Waals surface area (Å²) in [6.45, 7) is 8.90. The lowest BCUT2D eigenvalue weighted by atomic mass is 9.90. The Morgan fingerprint density at radius 1 is 1.19 bits per heavy atom. The highest BCUT2D eigenvalue weighted by atomic mass is 35.5. The minimum atomic E-state index is -0.960. The molecule has 2 aromatic heterocycles. The van der Waals surface area contributed by atoms with Crippen molar-refractivity contribution < 1.29 is 19.9 Å². The highest BCUT2D eigenvalue weighted by molar-refractivity contribution is 6.30. The first-order valence-electron chi connectivity index (χ1n) is 14.6. The van der Waals surface area contributed by atoms with Gasteiger partial charge in [0.25, 0.3) is 0 Å². The van der Waals surface area contributed by atoms with Gasteiger partial charge in [0.1, 0.15) is 12.2 Å². The van der Waals surface area contributed by atoms with Gasteiger partial charge in [-0.25, -0.2) is 9.98 Å². The van der Waals surface area contributed by atoms with Crippen molar-refractivity contribution in [1.82, 2.24) is 29.2 Å². The number of likely N-dealkylation sites (N-methyl/N-ethyl adjacent to an activating group) is 1. The average Bonchev–Trinajstić information content (AvgIpc) is 3.30. The summed E-state index contributed by atoms with van der Waals surface area (Å²) in [6, 6.07) is 9.50. The van der Waals surface area contributed by atoms with Crippen LogP contribution in [0.15, 0.2) is 49.1 Å². The van der Waals surface area contributed by atoms with Crippen LogP contribution in [-0.2, 0) is 11.8 Å². The number of ether oxygens (including phenoxy) is 1. The number of halogens is 1. The van der Waals surface area contributed by atoms with E-state index in [0.717, 1.165) is 33.7 Å². The van der Waals surface area contributed by atoms with Gasteiger partial charge in [0.05, 0.1) is 29.9 Å². The number of imidazole rings is 1. The number of hydrogen-bond donors (Lipinski definition) is 3. The zero-order chi connectivity index (χ0) is 30.9. The van der Waals surface area contributed by atoms with E-state index in [4.69, 9.17) is 21.3 Å². The van der Waals surface area contributed by atoms with Gasteiger partial charge in [0, 0.05) is 50.0 Å². The molecule has 1 aromatic carbocycles. The van der Waals surface area contributed by atoms with Crippen molar-refractivity contribution in [1.29, 1.82) is 0 Å². The van der Waals surface area contributed by atoms with Crippen molar-refractivity contribution in [3.8, 4) is 0 Å². The van der Waals surface area contributed by atoms with Crippen LogP contribution in [0, 0.1) is 0 Å². The number of piperazine rings is 1. The molecular formula is C32H43ClN7O3+. The summed E-state index contributed by atoms with van der Waals surface area (Å²) in [5.41, 5.74) is 5.40. The molecule has 230 valence electrons. The molecule has 3 aromatic rings. The maximum Gasteiger partial charge on any atom is 0.347 e. The Morgan fingerprint density at radius 2 is 1.93 bits per heavy atom. The molecule has 3 N–H and O–H groups in total. The molecule has 0 saturated carbocycles. The molecule has 1 aliphatic carbocycles. The smallest absolute Gasteiger partial charge is 0.347 e. The summed E-state index contributed by atoms with van der Waals surface area (Å²) in [6.07, 6.45) is 6.62. The van der Waals surface area contributed by atoms with Crippen LogP contribution in [-0.4, -0.2) is 104 Å². The van der Waals surface area contributed by atoms with Crippen LogP contribution in [0.2, 0.25) is 5.02 Å². The SMILES string of the molecule is CN(C)CC(O)=[NH+]C(C1=Cc2cccnc2C(N2CCN(C(O)OC(C)(C)C)CC2)c2ccc(Cl)cc21)c1cncn1C. The van der Waals surface area contributed by atoms with Crippen LogP contribution in [0.1, 0.15) is 60.9 Å². The van der Waals surface area contributed by atoms with Crippen molar-refractivity contribution in [3.05, 3.63) is 82.2 Å². The molecule has 2 aliphatic rings. The standard InChI is InChI=1S/C32H42ClN7O3/c1-32(2,3)43-31(42)40-14-12-39(13-15-40)30-23-10-9-22(33)17-24(23)25(16-21-8-7-11-35-28(21)30)29(26-18-34-20-38(26)6)36-27(41)19-37(4)5/h7-11,16-18,20,29-31,42H,12-15,19H2,1-6H3,(H,36,41)/p+1. The van der Waals surface area contributed by atoms with E-state index in [0.29, 0.717) is 37.7 Å². The number of aryl methyl sites for hydroxylation is 1. The van der Waals surface area contributed by atoms with E-state index in [2.05, 4.69) is 33.1 Å². The van der Waals surface area contributed by atoms with Gasteiger partial charge in [-0.2, -0.15) is 0 Å². The Balaban J connectivity index is 1.60. The molecule has 1 fully saturated rings. The van der Waals surface area contributed by atoms with Gasteiger partial charge in [-0.1, -0.05) is 23.7 Å². The fraction of sp³-hybridized carbons (Fsp3) is 0.469. The largest absolute Gasteiger partial charge is 0.463 e. The predicted molar refractivity (Wildman–Crippen MR) is 168 cm³/mol. The average molecular weight is 609 g/mol. The molecule has 1 saturated heterocycles. The number of nitrogens with one attached hydrogen (secondary N) is 1. The summed E-state index contributed by atoms with van der Waals surface area (Å²) in [5, 5.41) is 22.4. The quantitative estimate of drug-likeness (QED) is 0.204. The predicted octanol–water partition coefficient (Wildman–Crippen LogP) is 2.46. The van der Waals surface area contributed by atoms with Crippen LogP contribution in [0.3, 0.4) is 0 Å². The van der Waals surface area contributed by atoms with Crippen molar-refractivity contribution in [3.63, 3.8) is 0 Å². The van der Waals surface area contributed by atoms with E-state index in [1.165, 1.54) is 0 Å². The molecule has 0 amide bonds. The second-order valence-electron chi connectivity index (χ2n) is 12.5. The molecule has 5 rings (SSSR count). The summed E-state index contributed by atoms with van der Waals surface area (Å²) < 4.78 is 7.79. The van der Waals surface area contributed by atoms with Crippen molar-refractivity contribution in [2.24, 2.45) is 7.05 Å². The second-order valence-corrected chi connectivity index (χ2v) is 13.0. The van der Waals surface area contributed by atoms with E-state index in [1.54, 1.807) is 6.33 Å². The number of fused-ring (bicyclic) bond motifs is 2. The zero-order valence-electron chi connectivity index (χ0n) is 25.8. The number of rotatable bonds is 8. The van der Waals surface area contributed by atoms with E-state index in [-0.39, 0.29) is 11.9 Å². The van der Waals surface area contributed by atoms with E-state index in [1.807, 2.05) is 86.9 Å². The zero-order valence-corrected chi connectivity index (χ0v) is 26.6. The fourth-order valence-electron chi connectivity index (χ4n) is 5.87. The maximum absolute atomic E-state index is 11.0. The lowest BCUT2D eigenvalue weighted by Gasteiger charge is -2.42. The first-order valence-corrected chi connectivity index (χ1v) is 15.0. The van der Waals surface area contributed by atoms with E-state index >= 15 is 0 Å². The third-order valence-corrected chi connectivity index (χ3v) is 8.02. The number of hydrogen-bond acceptors (Lipinski definition) is 7. The molecule has 3 heterocycles. The third kappa shape index (κ3) is 7.17. The highest BCUT2D eigenvalue weighted by Gasteiger charge is 2.38. The number of pyridine rings is 1. The van der Waals surface area contributed by atoms with Crippen LogP contribution in [0.25, 0.3) is 11.6 Å². The Kier molecular flexibility index (Phi) is 9.36. The monoisotopic (exact) mass is 608 g/mol. The number of aliphatic hydroxyl groups excluding tert-OH is 2. The van der Waals surface area contributed by atoms with Gasteiger partial charge < -0.3 is 19.5 Å². The molecule has 0 radical (unpaired) electrons. The van der Waals surface area contributed by atoms with Gasteiger partial charge in [0.2, 0.25) is 12.5 Å². The Bertz CT molecular complexity index is 1490. The van der Waals surface area contributed by atoms with Crippen molar-refractivity contribution in [2.75, 3.05) is 46.8 Å². The number of aromatic nitrogens is 3. The highest BCUT2D eigenvalue weighted by Crippen LogP contribution is 2.43. The molecule has 10 nitrogen and oxygen atoms in total. The molecule has 0 spiro atoms. The fourth-order valence-corrected chi connectivity index (χ4v) is 6.05. The van der Waals surface area contributed by atoms with Gasteiger partial charge in [-0.15, -0.1) is 0 Å². The molecule has 1 aliphatic heterocycles. The number of nitrogens with zero attached hydrogens (tertiary/aromatic N) is 6. The molecule has 3 atom stereocenters. The number of benzene rings is 1. The van der Waals surface area contributed by atoms with E-state index < -0.39 is 18.1 Å². The molecule has 43 heavy (non-hydrogen) atoms. The van der Waals surface area contributed by atoms with Gasteiger partial charge in [0.15, 0.2) is 0 Å². The first kappa shape index (κ1) is 31.3. The Hall–Kier alpha value is -3.12. The Morgan fingerprint density at radius 3 is 2.58 bits per heavy atom. The van der Waals surface area contributed by atoms with Crippen LogP contribution in [0.5, 0.6) is 0 Å². The van der Waals surface area contributed by atoms with Crippen molar-refractivity contribution in [2.45, 2.75) is 44.9 Å². The van der Waals surface area contributed by atoms with Crippen LogP contribution >= 0.6 is 11.6 Å². The summed E-state index contributed by atoms with van der Waals surface area (Å²) in [7, 11) is 5.78. The molecular weight excluding hydrogens is 566 g/mol. The third-order valence-electron chi connectivity index (χ3n) is 7.79. The van der Waals surface area contributed by atoms with Gasteiger partial charge in [-0.3, -0.25) is 19.7 Å². The normalized spacial score (nSPS) is 19.9. The topological polar surface area (TPSA) is 104 Å². The second kappa shape index (κ2) is 12.9. The van der Waals surface area contributed by atoms with Crippen molar-refractivity contribution >= 4 is 29.1 Å². The summed E-state index contributed by atoms with van der Waals surface area (Å²) >= 11 is 6.68. The van der Waals surface area contributed by atoms with Crippen LogP contribution in [0.4, 0.5) is 0 Å². The van der Waals surface area contributed by atoms with E-state index in [9.17, 15) is 10.2 Å². The molecule has 3 unspecified atom stereocenters. The number of aliphatic hydroxyl groups is 2. The summed E-state index contributed by atoms with van der Waals surface area (Å²) in [4.78, 5) is 19.0. The summed E-state index contributed by atoms with van der Waals surface area (Å²) in [5.74, 6) is 0.153. The Labute approximate surface area is 258 Å². The molecule has 11 heteroatoms.